The molecule has 0 atom stereocenters. The summed E-state index contributed by atoms with van der Waals surface area (Å²) in [4.78, 5) is 0. The average molecular weight is 160 g/mol. The molecule has 62 valence electrons. The fourth-order valence-electron chi connectivity index (χ4n) is 1.49. The number of anilines is 1. The van der Waals surface area contributed by atoms with E-state index in [9.17, 15) is 0 Å². The van der Waals surface area contributed by atoms with Gasteiger partial charge >= 0.3 is 0 Å². The Bertz CT molecular complexity index is 401. The molecule has 2 aromatic rings. The van der Waals surface area contributed by atoms with E-state index in [-0.39, 0.29) is 0 Å². The SMILES string of the molecule is CNc1cccn2c(C)ccc12. The van der Waals surface area contributed by atoms with E-state index in [0.717, 1.165) is 0 Å². The molecule has 0 radical (unpaired) electrons. The van der Waals surface area contributed by atoms with Gasteiger partial charge in [0.1, 0.15) is 0 Å². The van der Waals surface area contributed by atoms with Gasteiger partial charge in [-0.1, -0.05) is 0 Å². The van der Waals surface area contributed by atoms with Crippen molar-refractivity contribution < 1.29 is 0 Å². The van der Waals surface area contributed by atoms with Crippen LogP contribution in [0.25, 0.3) is 5.52 Å². The van der Waals surface area contributed by atoms with Crippen molar-refractivity contribution in [3.63, 3.8) is 0 Å². The highest BCUT2D eigenvalue weighted by atomic mass is 14.9. The zero-order chi connectivity index (χ0) is 8.55. The lowest BCUT2D eigenvalue weighted by Gasteiger charge is -2.03. The van der Waals surface area contributed by atoms with Crippen LogP contribution in [0.15, 0.2) is 30.5 Å². The molecule has 0 unspecified atom stereocenters. The first-order valence-corrected chi connectivity index (χ1v) is 4.07. The van der Waals surface area contributed by atoms with Crippen LogP contribution < -0.4 is 5.32 Å². The van der Waals surface area contributed by atoms with Crippen molar-refractivity contribution >= 4 is 11.2 Å². The molecule has 2 nitrogen and oxygen atoms in total. The van der Waals surface area contributed by atoms with E-state index in [1.54, 1.807) is 0 Å². The minimum Gasteiger partial charge on any atom is -0.386 e. The van der Waals surface area contributed by atoms with Crippen molar-refractivity contribution in [1.82, 2.24) is 4.40 Å². The summed E-state index contributed by atoms with van der Waals surface area (Å²) in [6.45, 7) is 2.10. The summed E-state index contributed by atoms with van der Waals surface area (Å²) in [5, 5.41) is 3.16. The Morgan fingerprint density at radius 3 is 2.83 bits per heavy atom. The molecule has 2 aromatic heterocycles. The molecule has 0 saturated heterocycles. The molecule has 0 aliphatic carbocycles. The van der Waals surface area contributed by atoms with E-state index in [4.69, 9.17) is 0 Å². The second-order valence-electron chi connectivity index (χ2n) is 2.90. The number of aryl methyl sites for hydroxylation is 1. The molecule has 0 saturated carbocycles. The van der Waals surface area contributed by atoms with Gasteiger partial charge in [0.2, 0.25) is 0 Å². The third-order valence-corrected chi connectivity index (χ3v) is 2.17. The van der Waals surface area contributed by atoms with Gasteiger partial charge in [-0.3, -0.25) is 0 Å². The summed E-state index contributed by atoms with van der Waals surface area (Å²) in [7, 11) is 1.94. The topological polar surface area (TPSA) is 16.4 Å². The highest BCUT2D eigenvalue weighted by Crippen LogP contribution is 2.18. The molecular weight excluding hydrogens is 148 g/mol. The van der Waals surface area contributed by atoms with Gasteiger partial charge in [-0.05, 0) is 31.2 Å². The summed E-state index contributed by atoms with van der Waals surface area (Å²) in [5.74, 6) is 0. The lowest BCUT2D eigenvalue weighted by molar-refractivity contribution is 1.11. The zero-order valence-corrected chi connectivity index (χ0v) is 7.33. The van der Waals surface area contributed by atoms with Gasteiger partial charge in [-0.15, -0.1) is 0 Å². The van der Waals surface area contributed by atoms with Crippen molar-refractivity contribution in [2.75, 3.05) is 12.4 Å². The number of nitrogens with zero attached hydrogens (tertiary/aromatic N) is 1. The van der Waals surface area contributed by atoms with E-state index in [0.29, 0.717) is 0 Å². The first-order valence-electron chi connectivity index (χ1n) is 4.07. The summed E-state index contributed by atoms with van der Waals surface area (Å²) < 4.78 is 2.17. The number of hydrogen-bond donors (Lipinski definition) is 1. The standard InChI is InChI=1S/C10H12N2/c1-8-5-6-10-9(11-2)4-3-7-12(8)10/h3-7,11H,1-2H3. The number of aromatic nitrogens is 1. The van der Waals surface area contributed by atoms with Gasteiger partial charge < -0.3 is 9.72 Å². The van der Waals surface area contributed by atoms with Crippen LogP contribution >= 0.6 is 0 Å². The Labute approximate surface area is 71.8 Å². The Morgan fingerprint density at radius 1 is 1.25 bits per heavy atom. The predicted molar refractivity (Wildman–Crippen MR) is 51.7 cm³/mol. The van der Waals surface area contributed by atoms with Crippen LogP contribution in [0, 0.1) is 6.92 Å². The van der Waals surface area contributed by atoms with Crippen LogP contribution in [0.3, 0.4) is 0 Å². The second-order valence-corrected chi connectivity index (χ2v) is 2.90. The third-order valence-electron chi connectivity index (χ3n) is 2.17. The van der Waals surface area contributed by atoms with Crippen LogP contribution in [0.1, 0.15) is 5.69 Å². The molecule has 1 N–H and O–H groups in total. The molecular formula is C10H12N2. The Balaban J connectivity index is 2.81. The van der Waals surface area contributed by atoms with Gasteiger partial charge in [0, 0.05) is 18.9 Å². The third kappa shape index (κ3) is 0.881. The predicted octanol–water partition coefficient (Wildman–Crippen LogP) is 2.29. The maximum absolute atomic E-state index is 3.16. The molecule has 0 aliphatic heterocycles. The first kappa shape index (κ1) is 7.22. The van der Waals surface area contributed by atoms with Gasteiger partial charge in [-0.2, -0.15) is 0 Å². The Hall–Kier alpha value is -1.44. The maximum Gasteiger partial charge on any atom is 0.0685 e. The van der Waals surface area contributed by atoms with E-state index in [2.05, 4.69) is 41.0 Å². The number of rotatable bonds is 1. The van der Waals surface area contributed by atoms with Crippen LogP contribution in [-0.4, -0.2) is 11.4 Å². The van der Waals surface area contributed by atoms with Crippen molar-refractivity contribution in [2.24, 2.45) is 0 Å². The van der Waals surface area contributed by atoms with Crippen LogP contribution in [0.2, 0.25) is 0 Å². The van der Waals surface area contributed by atoms with Gasteiger partial charge in [0.25, 0.3) is 0 Å². The number of pyridine rings is 1. The number of nitrogens with one attached hydrogen (secondary N) is 1. The molecule has 2 rings (SSSR count). The monoisotopic (exact) mass is 160 g/mol. The smallest absolute Gasteiger partial charge is 0.0685 e. The first-order chi connectivity index (χ1) is 5.83. The molecule has 0 aromatic carbocycles. The quantitative estimate of drug-likeness (QED) is 0.677. The number of fused-ring (bicyclic) bond motifs is 1. The van der Waals surface area contributed by atoms with Crippen LogP contribution in [-0.2, 0) is 0 Å². The highest BCUT2D eigenvalue weighted by molar-refractivity contribution is 5.72. The van der Waals surface area contributed by atoms with E-state index >= 15 is 0 Å². The molecule has 12 heavy (non-hydrogen) atoms. The van der Waals surface area contributed by atoms with Gasteiger partial charge in [0.05, 0.1) is 11.2 Å². The summed E-state index contributed by atoms with van der Waals surface area (Å²) >= 11 is 0. The summed E-state index contributed by atoms with van der Waals surface area (Å²) in [5.41, 5.74) is 3.67. The van der Waals surface area contributed by atoms with Gasteiger partial charge in [0.15, 0.2) is 0 Å². The molecule has 0 spiro atoms. The minimum absolute atomic E-state index is 1.17. The molecule has 2 heterocycles. The van der Waals surface area contributed by atoms with Crippen molar-refractivity contribution in [1.29, 1.82) is 0 Å². The Kier molecular flexibility index (Phi) is 1.54. The molecule has 0 amide bonds. The molecule has 2 heteroatoms. The number of hydrogen-bond acceptors (Lipinski definition) is 1. The fourth-order valence-corrected chi connectivity index (χ4v) is 1.49. The Morgan fingerprint density at radius 2 is 2.08 bits per heavy atom. The maximum atomic E-state index is 3.16. The summed E-state index contributed by atoms with van der Waals surface area (Å²) in [6.07, 6.45) is 2.07. The summed E-state index contributed by atoms with van der Waals surface area (Å²) in [6, 6.07) is 8.37. The lowest BCUT2D eigenvalue weighted by atomic mass is 10.3. The van der Waals surface area contributed by atoms with Crippen molar-refractivity contribution in [3.8, 4) is 0 Å². The highest BCUT2D eigenvalue weighted by Gasteiger charge is 1.99. The normalized spacial score (nSPS) is 10.5. The van der Waals surface area contributed by atoms with Crippen LogP contribution in [0.4, 0.5) is 5.69 Å². The van der Waals surface area contributed by atoms with E-state index in [1.807, 2.05) is 13.1 Å². The van der Waals surface area contributed by atoms with Gasteiger partial charge in [-0.25, -0.2) is 0 Å². The fraction of sp³-hybridized carbons (Fsp3) is 0.200. The van der Waals surface area contributed by atoms with E-state index in [1.165, 1.54) is 16.9 Å². The largest absolute Gasteiger partial charge is 0.386 e. The lowest BCUT2D eigenvalue weighted by Crippen LogP contribution is -1.92. The zero-order valence-electron chi connectivity index (χ0n) is 7.33. The molecule has 0 fully saturated rings. The second kappa shape index (κ2) is 2.55. The molecule has 0 bridgehead atoms. The average Bonchev–Trinajstić information content (AvgIpc) is 2.48. The van der Waals surface area contributed by atoms with E-state index < -0.39 is 0 Å². The minimum atomic E-state index is 1.17. The van der Waals surface area contributed by atoms with Crippen molar-refractivity contribution in [2.45, 2.75) is 6.92 Å². The van der Waals surface area contributed by atoms with Crippen molar-refractivity contribution in [3.05, 3.63) is 36.2 Å². The molecule has 0 aliphatic rings. The van der Waals surface area contributed by atoms with Crippen LogP contribution in [0.5, 0.6) is 0 Å².